The molecule has 7 heteroatoms. The van der Waals surface area contributed by atoms with Crippen molar-refractivity contribution >= 4 is 43.5 Å². The minimum atomic E-state index is -0.248. The minimum Gasteiger partial charge on any atom is -0.506 e. The largest absolute Gasteiger partial charge is 0.506 e. The number of aromatic hydroxyl groups is 1. The van der Waals surface area contributed by atoms with Crippen LogP contribution < -0.4 is 5.32 Å². The van der Waals surface area contributed by atoms with Crippen LogP contribution in [0.2, 0.25) is 0 Å². The molecule has 0 spiro atoms. The van der Waals surface area contributed by atoms with E-state index < -0.39 is 0 Å². The fraction of sp³-hybridized carbons (Fsp3) is 0.333. The van der Waals surface area contributed by atoms with Crippen molar-refractivity contribution in [3.05, 3.63) is 50.2 Å². The molecule has 3 rings (SSSR count). The fourth-order valence-corrected chi connectivity index (χ4v) is 4.33. The lowest BCUT2D eigenvalue weighted by Gasteiger charge is -2.36. The summed E-state index contributed by atoms with van der Waals surface area (Å²) in [6.45, 7) is 8.14. The van der Waals surface area contributed by atoms with Gasteiger partial charge in [-0.05, 0) is 40.4 Å². The molecule has 0 saturated carbocycles. The predicted octanol–water partition coefficient (Wildman–Crippen LogP) is 5.20. The van der Waals surface area contributed by atoms with Crippen molar-refractivity contribution in [1.82, 2.24) is 9.78 Å². The van der Waals surface area contributed by atoms with E-state index in [9.17, 15) is 9.90 Å². The summed E-state index contributed by atoms with van der Waals surface area (Å²) < 4.78 is 3.04. The average molecular weight is 469 g/mol. The zero-order chi connectivity index (χ0) is 18.5. The van der Waals surface area contributed by atoms with Crippen LogP contribution in [-0.2, 0) is 0 Å². The van der Waals surface area contributed by atoms with Crippen LogP contribution in [0.5, 0.6) is 5.75 Å². The van der Waals surface area contributed by atoms with E-state index in [0.717, 1.165) is 11.5 Å². The zero-order valence-electron chi connectivity index (χ0n) is 14.4. The second-order valence-corrected chi connectivity index (χ2v) is 9.01. The maximum Gasteiger partial charge on any atom is 0.196 e. The molecule has 25 heavy (non-hydrogen) atoms. The molecule has 0 aliphatic carbocycles. The third-order valence-corrected chi connectivity index (χ3v) is 5.19. The van der Waals surface area contributed by atoms with E-state index in [2.05, 4.69) is 63.0 Å². The molecular formula is C18H19Br2N3O2. The van der Waals surface area contributed by atoms with Crippen molar-refractivity contribution in [3.8, 4) is 5.75 Å². The second-order valence-electron chi connectivity index (χ2n) is 7.24. The molecule has 0 amide bonds. The van der Waals surface area contributed by atoms with E-state index in [1.54, 1.807) is 18.3 Å². The molecule has 132 valence electrons. The van der Waals surface area contributed by atoms with Gasteiger partial charge in [0.25, 0.3) is 0 Å². The van der Waals surface area contributed by atoms with E-state index >= 15 is 0 Å². The lowest BCUT2D eigenvalue weighted by Crippen LogP contribution is -2.33. The standard InChI is InChI=1S/C18H19Br2N3O2/c1-9-5-14-21-8-12(17(18(2,3)4)23(14)22-9)15(24)11-6-10(19)7-13(20)16(11)25/h5-8,17,21,25H,1-4H3. The van der Waals surface area contributed by atoms with Gasteiger partial charge in [-0.2, -0.15) is 5.10 Å². The molecule has 1 unspecified atom stereocenters. The number of Topliss-reactive ketones (excluding diaryl/α,β-unsaturated/α-hetero) is 1. The van der Waals surface area contributed by atoms with Gasteiger partial charge in [-0.3, -0.25) is 4.79 Å². The van der Waals surface area contributed by atoms with Crippen LogP contribution in [0, 0.1) is 12.3 Å². The number of carbonyl (C=O) groups is 1. The molecule has 0 bridgehead atoms. The van der Waals surface area contributed by atoms with Gasteiger partial charge in [0.05, 0.1) is 21.8 Å². The number of rotatable bonds is 2. The Kier molecular flexibility index (Phi) is 4.58. The van der Waals surface area contributed by atoms with Crippen molar-refractivity contribution in [3.63, 3.8) is 0 Å². The van der Waals surface area contributed by atoms with E-state index in [4.69, 9.17) is 0 Å². The molecule has 2 N–H and O–H groups in total. The van der Waals surface area contributed by atoms with Gasteiger partial charge in [0.1, 0.15) is 11.6 Å². The third kappa shape index (κ3) is 3.27. The van der Waals surface area contributed by atoms with E-state index in [1.165, 1.54) is 0 Å². The molecule has 1 aliphatic heterocycles. The van der Waals surface area contributed by atoms with Crippen molar-refractivity contribution in [1.29, 1.82) is 0 Å². The van der Waals surface area contributed by atoms with E-state index in [-0.39, 0.29) is 28.6 Å². The molecule has 1 aliphatic rings. The third-order valence-electron chi connectivity index (χ3n) is 4.13. The van der Waals surface area contributed by atoms with Crippen LogP contribution in [0.1, 0.15) is 42.9 Å². The highest BCUT2D eigenvalue weighted by Crippen LogP contribution is 2.43. The number of nitrogens with zero attached hydrogens (tertiary/aromatic N) is 2. The second kappa shape index (κ2) is 6.29. The number of phenolic OH excluding ortho intramolecular Hbond substituents is 1. The Morgan fingerprint density at radius 3 is 2.60 bits per heavy atom. The number of phenols is 1. The van der Waals surface area contributed by atoms with Gasteiger partial charge in [-0.25, -0.2) is 4.68 Å². The molecule has 1 aromatic carbocycles. The molecule has 0 radical (unpaired) electrons. The number of aromatic nitrogens is 2. The van der Waals surface area contributed by atoms with Crippen molar-refractivity contribution in [2.45, 2.75) is 33.7 Å². The molecule has 2 aromatic rings. The van der Waals surface area contributed by atoms with Gasteiger partial charge in [-0.1, -0.05) is 36.7 Å². The van der Waals surface area contributed by atoms with Gasteiger partial charge in [0.15, 0.2) is 5.78 Å². The van der Waals surface area contributed by atoms with Crippen LogP contribution >= 0.6 is 31.9 Å². The van der Waals surface area contributed by atoms with Crippen molar-refractivity contribution < 1.29 is 9.90 Å². The SMILES string of the molecule is Cc1cc2n(n1)C(C(C)(C)C)C(C(=O)c1cc(Br)cc(Br)c1O)=CN2. The predicted molar refractivity (Wildman–Crippen MR) is 105 cm³/mol. The summed E-state index contributed by atoms with van der Waals surface area (Å²) in [4.78, 5) is 13.2. The first-order chi connectivity index (χ1) is 11.6. The van der Waals surface area contributed by atoms with Crippen LogP contribution in [0.4, 0.5) is 5.82 Å². The van der Waals surface area contributed by atoms with Gasteiger partial charge in [0, 0.05) is 22.3 Å². The Hall–Kier alpha value is -1.60. The Labute approximate surface area is 163 Å². The van der Waals surface area contributed by atoms with Crippen LogP contribution in [0.3, 0.4) is 0 Å². The number of ketones is 1. The zero-order valence-corrected chi connectivity index (χ0v) is 17.6. The highest BCUT2D eigenvalue weighted by molar-refractivity contribution is 9.11. The van der Waals surface area contributed by atoms with Gasteiger partial charge in [0.2, 0.25) is 0 Å². The number of halogens is 2. The van der Waals surface area contributed by atoms with Crippen LogP contribution in [0.25, 0.3) is 0 Å². The summed E-state index contributed by atoms with van der Waals surface area (Å²) in [6, 6.07) is 5.04. The first kappa shape index (κ1) is 18.2. The number of allylic oxidation sites excluding steroid dienone is 1. The number of aryl methyl sites for hydroxylation is 1. The minimum absolute atomic E-state index is 0.0656. The molecule has 0 fully saturated rings. The number of anilines is 1. The highest BCUT2D eigenvalue weighted by atomic mass is 79.9. The summed E-state index contributed by atoms with van der Waals surface area (Å²) in [6.07, 6.45) is 1.73. The van der Waals surface area contributed by atoms with Crippen molar-refractivity contribution in [2.24, 2.45) is 5.41 Å². The maximum atomic E-state index is 13.2. The van der Waals surface area contributed by atoms with Gasteiger partial charge < -0.3 is 10.4 Å². The summed E-state index contributed by atoms with van der Waals surface area (Å²) >= 11 is 6.67. The number of hydrogen-bond donors (Lipinski definition) is 2. The fourth-order valence-electron chi connectivity index (χ4n) is 3.10. The van der Waals surface area contributed by atoms with Crippen LogP contribution in [0.15, 0.2) is 38.9 Å². The summed E-state index contributed by atoms with van der Waals surface area (Å²) in [5.74, 6) is 0.559. The topological polar surface area (TPSA) is 67.2 Å². The summed E-state index contributed by atoms with van der Waals surface area (Å²) in [5.41, 5.74) is 1.45. The summed E-state index contributed by atoms with van der Waals surface area (Å²) in [7, 11) is 0. The average Bonchev–Trinajstić information content (AvgIpc) is 2.87. The number of fused-ring (bicyclic) bond motifs is 1. The molecule has 5 nitrogen and oxygen atoms in total. The molecule has 1 aromatic heterocycles. The smallest absolute Gasteiger partial charge is 0.196 e. The number of hydrogen-bond acceptors (Lipinski definition) is 4. The Morgan fingerprint density at radius 1 is 1.28 bits per heavy atom. The quantitative estimate of drug-likeness (QED) is 0.594. The van der Waals surface area contributed by atoms with Crippen molar-refractivity contribution in [2.75, 3.05) is 5.32 Å². The highest BCUT2D eigenvalue weighted by Gasteiger charge is 2.38. The first-order valence-corrected chi connectivity index (χ1v) is 9.43. The van der Waals surface area contributed by atoms with Crippen LogP contribution in [-0.4, -0.2) is 20.7 Å². The van der Waals surface area contributed by atoms with Gasteiger partial charge in [-0.15, -0.1) is 0 Å². The maximum absolute atomic E-state index is 13.2. The Bertz CT molecular complexity index is 894. The summed E-state index contributed by atoms with van der Waals surface area (Å²) in [5, 5.41) is 18.1. The normalized spacial score (nSPS) is 16.9. The van der Waals surface area contributed by atoms with E-state index in [0.29, 0.717) is 14.5 Å². The number of nitrogens with one attached hydrogen (secondary N) is 1. The molecule has 0 saturated heterocycles. The van der Waals surface area contributed by atoms with Gasteiger partial charge >= 0.3 is 0 Å². The molecular weight excluding hydrogens is 450 g/mol. The molecule has 2 heterocycles. The Balaban J connectivity index is 2.12. The lowest BCUT2D eigenvalue weighted by molar-refractivity contribution is 0.0994. The number of benzene rings is 1. The number of carbonyl (C=O) groups excluding carboxylic acids is 1. The first-order valence-electron chi connectivity index (χ1n) is 7.85. The lowest BCUT2D eigenvalue weighted by atomic mass is 9.79. The monoisotopic (exact) mass is 467 g/mol. The van der Waals surface area contributed by atoms with E-state index in [1.807, 2.05) is 17.7 Å². The molecule has 1 atom stereocenters. The Morgan fingerprint density at radius 2 is 1.96 bits per heavy atom.